The molecule has 26 heavy (non-hydrogen) atoms. The Morgan fingerprint density at radius 2 is 2.08 bits per heavy atom. The van der Waals surface area contributed by atoms with Crippen LogP contribution in [0.5, 0.6) is 0 Å². The maximum absolute atomic E-state index is 13.6. The summed E-state index contributed by atoms with van der Waals surface area (Å²) in [6.07, 6.45) is 0.947. The van der Waals surface area contributed by atoms with Crippen LogP contribution >= 0.6 is 11.8 Å². The molecule has 140 valence electrons. The molecular formula is C19H21F3N2OS. The van der Waals surface area contributed by atoms with E-state index in [4.69, 9.17) is 4.74 Å². The molecule has 1 saturated heterocycles. The minimum Gasteiger partial charge on any atom is -0.377 e. The number of benzene rings is 1. The number of thioether (sulfide) groups is 1. The van der Waals surface area contributed by atoms with E-state index in [0.29, 0.717) is 36.0 Å². The number of morpholine rings is 1. The fraction of sp³-hybridized carbons (Fsp3) is 0.368. The van der Waals surface area contributed by atoms with Gasteiger partial charge in [0.15, 0.2) is 0 Å². The van der Waals surface area contributed by atoms with Crippen LogP contribution in [-0.4, -0.2) is 37.0 Å². The molecule has 0 aromatic heterocycles. The Morgan fingerprint density at radius 3 is 2.73 bits per heavy atom. The molecule has 0 saturated carbocycles. The number of hydrogen-bond donors (Lipinski definition) is 1. The highest BCUT2D eigenvalue weighted by Crippen LogP contribution is 2.38. The molecule has 7 heteroatoms. The molecule has 1 aromatic carbocycles. The van der Waals surface area contributed by atoms with E-state index < -0.39 is 11.7 Å². The smallest absolute Gasteiger partial charge is 0.377 e. The Labute approximate surface area is 155 Å². The standard InChI is InChI=1S/C19H21F3N2OS/c1-12-8-14(24-6-7-25-11-13(24)2)9-18(23-12)16-5-4-15(26-3)10-17(16)19(20,21)22/h4-5,8-10,13,23H,1,6-7,11H2,2-3H3. The molecular weight excluding hydrogens is 361 g/mol. The Balaban J connectivity index is 2.03. The van der Waals surface area contributed by atoms with E-state index in [-0.39, 0.29) is 11.6 Å². The van der Waals surface area contributed by atoms with E-state index in [1.54, 1.807) is 18.4 Å². The summed E-state index contributed by atoms with van der Waals surface area (Å²) in [4.78, 5) is 2.72. The molecule has 0 radical (unpaired) electrons. The van der Waals surface area contributed by atoms with Gasteiger partial charge in [0.2, 0.25) is 0 Å². The van der Waals surface area contributed by atoms with Crippen LogP contribution in [-0.2, 0) is 10.9 Å². The molecule has 2 aliphatic heterocycles. The summed E-state index contributed by atoms with van der Waals surface area (Å²) in [5.41, 5.74) is 1.31. The van der Waals surface area contributed by atoms with Crippen LogP contribution in [0, 0.1) is 0 Å². The quantitative estimate of drug-likeness (QED) is 0.779. The average Bonchev–Trinajstić information content (AvgIpc) is 2.60. The van der Waals surface area contributed by atoms with Gasteiger partial charge in [0.25, 0.3) is 0 Å². The number of nitrogens with one attached hydrogen (secondary N) is 1. The first-order valence-electron chi connectivity index (χ1n) is 8.29. The SMILES string of the molecule is C=C1C=C(N2CCOCC2C)C=C(c2ccc(SC)cc2C(F)(F)F)N1. The van der Waals surface area contributed by atoms with Gasteiger partial charge >= 0.3 is 6.18 Å². The molecule has 0 spiro atoms. The Morgan fingerprint density at radius 1 is 1.31 bits per heavy atom. The van der Waals surface area contributed by atoms with Crippen molar-refractivity contribution in [1.29, 1.82) is 0 Å². The molecule has 0 aliphatic carbocycles. The molecule has 1 aromatic rings. The monoisotopic (exact) mass is 382 g/mol. The minimum absolute atomic E-state index is 0.128. The Kier molecular flexibility index (Phi) is 5.39. The summed E-state index contributed by atoms with van der Waals surface area (Å²) in [7, 11) is 0. The van der Waals surface area contributed by atoms with E-state index in [2.05, 4.69) is 16.8 Å². The van der Waals surface area contributed by atoms with E-state index in [9.17, 15) is 13.2 Å². The minimum atomic E-state index is -4.43. The third-order valence-electron chi connectivity index (χ3n) is 4.43. The van der Waals surface area contributed by atoms with Gasteiger partial charge in [-0.2, -0.15) is 13.2 Å². The number of alkyl halides is 3. The summed E-state index contributed by atoms with van der Waals surface area (Å²) in [5.74, 6) is 0. The molecule has 2 aliphatic rings. The highest BCUT2D eigenvalue weighted by atomic mass is 32.2. The second-order valence-corrected chi connectivity index (χ2v) is 7.18. The maximum Gasteiger partial charge on any atom is 0.417 e. The van der Waals surface area contributed by atoms with E-state index in [1.165, 1.54) is 23.9 Å². The highest BCUT2D eigenvalue weighted by Gasteiger charge is 2.35. The number of dihydropyridines is 1. The van der Waals surface area contributed by atoms with Gasteiger partial charge in [-0.05, 0) is 37.5 Å². The molecule has 1 atom stereocenters. The van der Waals surface area contributed by atoms with Gasteiger partial charge < -0.3 is 15.0 Å². The van der Waals surface area contributed by atoms with Crippen molar-refractivity contribution in [3.63, 3.8) is 0 Å². The topological polar surface area (TPSA) is 24.5 Å². The fourth-order valence-electron chi connectivity index (χ4n) is 3.15. The lowest BCUT2D eigenvalue weighted by molar-refractivity contribution is -0.137. The van der Waals surface area contributed by atoms with E-state index in [0.717, 1.165) is 5.70 Å². The van der Waals surface area contributed by atoms with Crippen LogP contribution in [0.4, 0.5) is 13.2 Å². The van der Waals surface area contributed by atoms with Gasteiger partial charge in [0, 0.05) is 40.1 Å². The lowest BCUT2D eigenvalue weighted by atomic mass is 10.0. The predicted molar refractivity (Wildman–Crippen MR) is 98.5 cm³/mol. The van der Waals surface area contributed by atoms with Gasteiger partial charge in [-0.15, -0.1) is 11.8 Å². The first kappa shape index (κ1) is 18.9. The van der Waals surface area contributed by atoms with Crippen LogP contribution < -0.4 is 5.32 Å². The van der Waals surface area contributed by atoms with Crippen molar-refractivity contribution in [2.45, 2.75) is 24.0 Å². The van der Waals surface area contributed by atoms with Crippen molar-refractivity contribution in [2.75, 3.05) is 26.0 Å². The predicted octanol–water partition coefficient (Wildman–Crippen LogP) is 4.49. The number of allylic oxidation sites excluding steroid dienone is 2. The zero-order chi connectivity index (χ0) is 18.9. The Bertz CT molecular complexity index is 771. The average molecular weight is 382 g/mol. The first-order valence-corrected chi connectivity index (χ1v) is 9.51. The van der Waals surface area contributed by atoms with Crippen LogP contribution in [0.2, 0.25) is 0 Å². The summed E-state index contributed by atoms with van der Waals surface area (Å²) in [6, 6.07) is 4.57. The molecule has 1 N–H and O–H groups in total. The van der Waals surface area contributed by atoms with Crippen molar-refractivity contribution < 1.29 is 17.9 Å². The number of ether oxygens (including phenoxy) is 1. The first-order chi connectivity index (χ1) is 12.3. The van der Waals surface area contributed by atoms with Crippen molar-refractivity contribution in [2.24, 2.45) is 0 Å². The maximum atomic E-state index is 13.6. The van der Waals surface area contributed by atoms with Crippen molar-refractivity contribution in [3.05, 3.63) is 59.5 Å². The highest BCUT2D eigenvalue weighted by molar-refractivity contribution is 7.98. The second-order valence-electron chi connectivity index (χ2n) is 6.30. The second kappa shape index (κ2) is 7.40. The van der Waals surface area contributed by atoms with Gasteiger partial charge in [0.05, 0.1) is 18.8 Å². The van der Waals surface area contributed by atoms with E-state index in [1.807, 2.05) is 13.0 Å². The molecule has 3 rings (SSSR count). The molecule has 2 heterocycles. The molecule has 1 unspecified atom stereocenters. The molecule has 3 nitrogen and oxygen atoms in total. The van der Waals surface area contributed by atoms with Crippen molar-refractivity contribution >= 4 is 17.5 Å². The number of halogens is 3. The van der Waals surface area contributed by atoms with Crippen molar-refractivity contribution in [3.8, 4) is 0 Å². The third kappa shape index (κ3) is 3.94. The number of rotatable bonds is 3. The normalized spacial score (nSPS) is 21.2. The number of hydrogen-bond acceptors (Lipinski definition) is 4. The van der Waals surface area contributed by atoms with Crippen LogP contribution in [0.1, 0.15) is 18.1 Å². The van der Waals surface area contributed by atoms with Gasteiger partial charge in [-0.1, -0.05) is 12.6 Å². The zero-order valence-electron chi connectivity index (χ0n) is 14.7. The molecule has 1 fully saturated rings. The lowest BCUT2D eigenvalue weighted by Gasteiger charge is -2.37. The van der Waals surface area contributed by atoms with Crippen LogP contribution in [0.15, 0.2) is 53.2 Å². The summed E-state index contributed by atoms with van der Waals surface area (Å²) < 4.78 is 46.3. The molecule has 0 amide bonds. The van der Waals surface area contributed by atoms with Crippen molar-refractivity contribution in [1.82, 2.24) is 10.2 Å². The van der Waals surface area contributed by atoms with Crippen LogP contribution in [0.3, 0.4) is 0 Å². The summed E-state index contributed by atoms with van der Waals surface area (Å²) >= 11 is 1.29. The zero-order valence-corrected chi connectivity index (χ0v) is 15.5. The van der Waals surface area contributed by atoms with Gasteiger partial charge in [-0.25, -0.2) is 0 Å². The van der Waals surface area contributed by atoms with Gasteiger partial charge in [0.1, 0.15) is 0 Å². The summed E-state index contributed by atoms with van der Waals surface area (Å²) in [5, 5.41) is 2.99. The summed E-state index contributed by atoms with van der Waals surface area (Å²) in [6.45, 7) is 7.84. The fourth-order valence-corrected chi connectivity index (χ4v) is 3.59. The van der Waals surface area contributed by atoms with Gasteiger partial charge in [-0.3, -0.25) is 0 Å². The van der Waals surface area contributed by atoms with Crippen LogP contribution in [0.25, 0.3) is 5.70 Å². The van der Waals surface area contributed by atoms with E-state index >= 15 is 0 Å². The Hall–Kier alpha value is -1.86. The third-order valence-corrected chi connectivity index (χ3v) is 5.16. The lowest BCUT2D eigenvalue weighted by Crippen LogP contribution is -2.43. The molecule has 0 bridgehead atoms. The largest absolute Gasteiger partial charge is 0.417 e. The number of nitrogens with zero attached hydrogens (tertiary/aromatic N) is 1.